The molecular formula is C27H31N3O4. The van der Waals surface area contributed by atoms with Gasteiger partial charge in [-0.1, -0.05) is 54.6 Å². The van der Waals surface area contributed by atoms with Gasteiger partial charge in [0, 0.05) is 30.9 Å². The summed E-state index contributed by atoms with van der Waals surface area (Å²) < 4.78 is 11.2. The van der Waals surface area contributed by atoms with Gasteiger partial charge in [-0.05, 0) is 37.5 Å². The van der Waals surface area contributed by atoms with Crippen LogP contribution in [0, 0.1) is 0 Å². The molecule has 0 saturated carbocycles. The lowest BCUT2D eigenvalue weighted by Gasteiger charge is -2.33. The molecule has 2 aliphatic heterocycles. The van der Waals surface area contributed by atoms with E-state index in [2.05, 4.69) is 33.7 Å². The van der Waals surface area contributed by atoms with Gasteiger partial charge in [-0.15, -0.1) is 0 Å². The number of nitrogens with zero attached hydrogens (tertiary/aromatic N) is 1. The molecule has 2 aliphatic rings. The second kappa shape index (κ2) is 11.0. The number of urea groups is 1. The topological polar surface area (TPSA) is 79.9 Å². The molecule has 4 rings (SSSR count). The molecule has 1 unspecified atom stereocenters. The first kappa shape index (κ1) is 23.6. The summed E-state index contributed by atoms with van der Waals surface area (Å²) in [5.74, 6) is 0.186. The predicted molar refractivity (Wildman–Crippen MR) is 131 cm³/mol. The van der Waals surface area contributed by atoms with E-state index in [0.717, 1.165) is 25.1 Å². The average Bonchev–Trinajstić information content (AvgIpc) is 2.85. The highest BCUT2D eigenvalue weighted by molar-refractivity contribution is 5.95. The number of carbonyl (C=O) groups excluding carboxylic acids is 2. The van der Waals surface area contributed by atoms with Crippen molar-refractivity contribution < 1.29 is 19.1 Å². The van der Waals surface area contributed by atoms with E-state index in [1.54, 1.807) is 6.92 Å². The molecule has 2 amide bonds. The highest BCUT2D eigenvalue weighted by Crippen LogP contribution is 2.34. The summed E-state index contributed by atoms with van der Waals surface area (Å²) in [5, 5.41) is 5.77. The lowest BCUT2D eigenvalue weighted by Crippen LogP contribution is -2.49. The van der Waals surface area contributed by atoms with Gasteiger partial charge >= 0.3 is 12.0 Å². The van der Waals surface area contributed by atoms with Crippen LogP contribution in [0.5, 0.6) is 5.75 Å². The predicted octanol–water partition coefficient (Wildman–Crippen LogP) is 4.05. The zero-order valence-electron chi connectivity index (χ0n) is 19.7. The lowest BCUT2D eigenvalue weighted by molar-refractivity contribution is -0.139. The van der Waals surface area contributed by atoms with Crippen molar-refractivity contribution in [2.45, 2.75) is 26.3 Å². The Labute approximate surface area is 200 Å². The minimum absolute atomic E-state index is 0.246. The van der Waals surface area contributed by atoms with Gasteiger partial charge in [-0.2, -0.15) is 0 Å². The van der Waals surface area contributed by atoms with Gasteiger partial charge in [0.2, 0.25) is 0 Å². The van der Waals surface area contributed by atoms with Gasteiger partial charge in [0.15, 0.2) is 0 Å². The first-order valence-corrected chi connectivity index (χ1v) is 11.8. The van der Waals surface area contributed by atoms with Crippen LogP contribution in [0.2, 0.25) is 0 Å². The molecule has 0 aliphatic carbocycles. The molecule has 2 heterocycles. The third-order valence-corrected chi connectivity index (χ3v) is 6.00. The highest BCUT2D eigenvalue weighted by atomic mass is 16.5. The second-order valence-electron chi connectivity index (χ2n) is 8.20. The molecule has 34 heavy (non-hydrogen) atoms. The van der Waals surface area contributed by atoms with E-state index in [9.17, 15) is 9.59 Å². The maximum absolute atomic E-state index is 13.1. The molecule has 0 saturated heterocycles. The fourth-order valence-electron chi connectivity index (χ4n) is 4.42. The van der Waals surface area contributed by atoms with Crippen LogP contribution in [0.1, 0.15) is 37.4 Å². The Kier molecular flexibility index (Phi) is 7.65. The maximum atomic E-state index is 13.1. The van der Waals surface area contributed by atoms with Gasteiger partial charge in [0.25, 0.3) is 0 Å². The van der Waals surface area contributed by atoms with E-state index in [0.29, 0.717) is 30.2 Å². The smallest absolute Gasteiger partial charge is 0.338 e. The molecule has 0 aromatic heterocycles. The molecule has 2 aromatic rings. The Morgan fingerprint density at radius 2 is 1.82 bits per heavy atom. The minimum atomic E-state index is -0.661. The Balaban J connectivity index is 1.64. The maximum Gasteiger partial charge on any atom is 0.338 e. The van der Waals surface area contributed by atoms with Gasteiger partial charge < -0.3 is 20.1 Å². The third-order valence-electron chi connectivity index (χ3n) is 6.00. The summed E-state index contributed by atoms with van der Waals surface area (Å²) in [6, 6.07) is 16.8. The van der Waals surface area contributed by atoms with Gasteiger partial charge in [-0.3, -0.25) is 4.90 Å². The number of hydrogen-bond acceptors (Lipinski definition) is 5. The van der Waals surface area contributed by atoms with E-state index in [1.165, 1.54) is 11.1 Å². The number of rotatable bonds is 8. The van der Waals surface area contributed by atoms with E-state index < -0.39 is 12.0 Å². The van der Waals surface area contributed by atoms with Crippen molar-refractivity contribution >= 4 is 17.6 Å². The van der Waals surface area contributed by atoms with Crippen molar-refractivity contribution in [1.29, 1.82) is 0 Å². The fraction of sp³-hybridized carbons (Fsp3) is 0.333. The molecule has 0 spiro atoms. The summed E-state index contributed by atoms with van der Waals surface area (Å²) in [5.41, 5.74) is 4.25. The van der Waals surface area contributed by atoms with Crippen LogP contribution in [0.25, 0.3) is 5.57 Å². The van der Waals surface area contributed by atoms with Gasteiger partial charge in [-0.25, -0.2) is 9.59 Å². The standard InChI is InChI=1S/C27H31N3O4/c1-3-33-23-13-9-8-12-21(23)25-24(26(31)34-4-2)22(28-27(32)29-25)18-30-16-14-20(15-17-30)19-10-6-5-7-11-19/h5-14,25H,3-4,15-18H2,1-2H3,(H2,28,29,32). The number of para-hydroxylation sites is 1. The van der Waals surface area contributed by atoms with Gasteiger partial charge in [0.1, 0.15) is 5.75 Å². The van der Waals surface area contributed by atoms with E-state index in [1.807, 2.05) is 49.4 Å². The number of amides is 2. The zero-order chi connectivity index (χ0) is 23.9. The molecule has 7 nitrogen and oxygen atoms in total. The van der Waals surface area contributed by atoms with E-state index in [-0.39, 0.29) is 12.6 Å². The van der Waals surface area contributed by atoms with Crippen LogP contribution in [0.3, 0.4) is 0 Å². The summed E-state index contributed by atoms with van der Waals surface area (Å²) in [7, 11) is 0. The molecule has 7 heteroatoms. The molecule has 0 radical (unpaired) electrons. The van der Waals surface area contributed by atoms with Crippen molar-refractivity contribution in [2.24, 2.45) is 0 Å². The van der Waals surface area contributed by atoms with Crippen molar-refractivity contribution in [3.63, 3.8) is 0 Å². The second-order valence-corrected chi connectivity index (χ2v) is 8.20. The monoisotopic (exact) mass is 461 g/mol. The van der Waals surface area contributed by atoms with Crippen molar-refractivity contribution in [1.82, 2.24) is 15.5 Å². The average molecular weight is 462 g/mol. The summed E-state index contributed by atoms with van der Waals surface area (Å²) in [6.07, 6.45) is 3.11. The molecule has 0 fully saturated rings. The van der Waals surface area contributed by atoms with E-state index in [4.69, 9.17) is 9.47 Å². The Bertz CT molecular complexity index is 1090. The highest BCUT2D eigenvalue weighted by Gasteiger charge is 2.35. The summed E-state index contributed by atoms with van der Waals surface area (Å²) in [4.78, 5) is 28.0. The fourth-order valence-corrected chi connectivity index (χ4v) is 4.42. The number of esters is 1. The number of nitrogens with one attached hydrogen (secondary N) is 2. The van der Waals surface area contributed by atoms with E-state index >= 15 is 0 Å². The summed E-state index contributed by atoms with van der Waals surface area (Å²) >= 11 is 0. The minimum Gasteiger partial charge on any atom is -0.494 e. The number of ether oxygens (including phenoxy) is 2. The van der Waals surface area contributed by atoms with Crippen molar-refractivity contribution in [3.8, 4) is 5.75 Å². The Morgan fingerprint density at radius 3 is 2.53 bits per heavy atom. The van der Waals surface area contributed by atoms with Crippen molar-refractivity contribution in [3.05, 3.63) is 83.1 Å². The Morgan fingerprint density at radius 1 is 1.06 bits per heavy atom. The largest absolute Gasteiger partial charge is 0.494 e. The normalized spacial score (nSPS) is 18.6. The first-order valence-electron chi connectivity index (χ1n) is 11.8. The molecule has 0 bridgehead atoms. The van der Waals surface area contributed by atoms with Crippen LogP contribution in [-0.2, 0) is 9.53 Å². The van der Waals surface area contributed by atoms with Crippen molar-refractivity contribution in [2.75, 3.05) is 32.8 Å². The Hall–Kier alpha value is -3.58. The number of benzene rings is 2. The summed E-state index contributed by atoms with van der Waals surface area (Å²) in [6.45, 7) is 6.39. The van der Waals surface area contributed by atoms with Crippen LogP contribution >= 0.6 is 0 Å². The van der Waals surface area contributed by atoms with Gasteiger partial charge in [0.05, 0.1) is 24.8 Å². The molecular weight excluding hydrogens is 430 g/mol. The quantitative estimate of drug-likeness (QED) is 0.580. The molecule has 2 N–H and O–H groups in total. The third kappa shape index (κ3) is 5.31. The molecule has 1 atom stereocenters. The number of hydrogen-bond donors (Lipinski definition) is 2. The van der Waals surface area contributed by atoms with Crippen LogP contribution in [0.15, 0.2) is 71.9 Å². The first-order chi connectivity index (χ1) is 16.6. The van der Waals surface area contributed by atoms with Crippen LogP contribution in [-0.4, -0.2) is 49.7 Å². The SMILES string of the molecule is CCOC(=O)C1=C(CN2CC=C(c3ccccc3)CC2)NC(=O)NC1c1ccccc1OCC. The molecule has 178 valence electrons. The zero-order valence-corrected chi connectivity index (χ0v) is 19.7. The lowest BCUT2D eigenvalue weighted by atomic mass is 9.93. The van der Waals surface area contributed by atoms with Crippen LogP contribution in [0.4, 0.5) is 4.79 Å². The van der Waals surface area contributed by atoms with Crippen LogP contribution < -0.4 is 15.4 Å². The number of carbonyl (C=O) groups is 2. The molecule has 2 aromatic carbocycles.